The van der Waals surface area contributed by atoms with Crippen LogP contribution in [-0.2, 0) is 4.74 Å². The number of allylic oxidation sites excluding steroid dienone is 1. The number of nitrogens with one attached hydrogen (secondary N) is 1. The Hall–Kier alpha value is -0.380. The quantitative estimate of drug-likeness (QED) is 0.440. The van der Waals surface area contributed by atoms with E-state index in [9.17, 15) is 0 Å². The maximum Gasteiger partial charge on any atom is 0.0697 e. The average molecular weight is 238 g/mol. The lowest BCUT2D eigenvalue weighted by Crippen LogP contribution is -2.48. The van der Waals surface area contributed by atoms with Crippen molar-refractivity contribution >= 4 is 0 Å². The van der Waals surface area contributed by atoms with Crippen LogP contribution >= 0.6 is 0 Å². The lowest BCUT2D eigenvalue weighted by atomic mass is 9.74. The smallest absolute Gasteiger partial charge is 0.0697 e. The molecule has 3 nitrogen and oxygen atoms in total. The zero-order chi connectivity index (χ0) is 12.1. The van der Waals surface area contributed by atoms with Gasteiger partial charge in [0.25, 0.3) is 0 Å². The van der Waals surface area contributed by atoms with Crippen molar-refractivity contribution in [2.24, 2.45) is 5.84 Å². The second-order valence-corrected chi connectivity index (χ2v) is 5.54. The maximum atomic E-state index is 5.75. The average Bonchev–Trinajstić information content (AvgIpc) is 2.57. The third-order valence-corrected chi connectivity index (χ3v) is 4.50. The highest BCUT2D eigenvalue weighted by Crippen LogP contribution is 2.40. The van der Waals surface area contributed by atoms with Gasteiger partial charge in [-0.3, -0.25) is 11.3 Å². The van der Waals surface area contributed by atoms with Gasteiger partial charge in [0.15, 0.2) is 0 Å². The normalized spacial score (nSPS) is 25.6. The number of methoxy groups -OCH3 is 1. The van der Waals surface area contributed by atoms with E-state index in [1.165, 1.54) is 56.9 Å². The Kier molecular flexibility index (Phi) is 4.60. The minimum Gasteiger partial charge on any atom is -0.378 e. The van der Waals surface area contributed by atoms with Crippen LogP contribution in [0.5, 0.6) is 0 Å². The molecule has 2 aliphatic carbocycles. The molecule has 98 valence electrons. The van der Waals surface area contributed by atoms with Gasteiger partial charge in [-0.1, -0.05) is 18.1 Å². The molecule has 0 spiro atoms. The van der Waals surface area contributed by atoms with Gasteiger partial charge < -0.3 is 4.74 Å². The molecule has 1 atom stereocenters. The Morgan fingerprint density at radius 3 is 2.76 bits per heavy atom. The molecule has 0 bridgehead atoms. The standard InChI is InChI=1S/C14H26N2O/c1-17-14(9-6-10-14)11-13(16-15)12-7-4-2-3-5-8-12/h7,13,16H,2-6,8-11,15H2,1H3. The summed E-state index contributed by atoms with van der Waals surface area (Å²) in [6, 6.07) is 0.313. The van der Waals surface area contributed by atoms with Crippen LogP contribution in [0.4, 0.5) is 0 Å². The van der Waals surface area contributed by atoms with Crippen molar-refractivity contribution in [2.75, 3.05) is 7.11 Å². The first-order chi connectivity index (χ1) is 8.29. The largest absolute Gasteiger partial charge is 0.378 e. The highest BCUT2D eigenvalue weighted by atomic mass is 16.5. The van der Waals surface area contributed by atoms with Crippen molar-refractivity contribution < 1.29 is 4.74 Å². The number of hydrazine groups is 1. The third kappa shape index (κ3) is 3.09. The first kappa shape index (κ1) is 13.1. The highest BCUT2D eigenvalue weighted by Gasteiger charge is 2.39. The van der Waals surface area contributed by atoms with Gasteiger partial charge in [-0.25, -0.2) is 0 Å². The van der Waals surface area contributed by atoms with Gasteiger partial charge in [0, 0.05) is 13.2 Å². The van der Waals surface area contributed by atoms with Gasteiger partial charge in [-0.15, -0.1) is 0 Å². The number of hydrogen-bond acceptors (Lipinski definition) is 3. The fourth-order valence-corrected chi connectivity index (χ4v) is 3.09. The summed E-state index contributed by atoms with van der Waals surface area (Å²) in [5.74, 6) is 5.75. The van der Waals surface area contributed by atoms with Crippen LogP contribution in [0.1, 0.15) is 57.8 Å². The van der Waals surface area contributed by atoms with Crippen LogP contribution in [-0.4, -0.2) is 18.8 Å². The summed E-state index contributed by atoms with van der Waals surface area (Å²) in [5, 5.41) is 0. The Morgan fingerprint density at radius 2 is 2.18 bits per heavy atom. The predicted molar refractivity (Wildman–Crippen MR) is 70.5 cm³/mol. The second kappa shape index (κ2) is 5.98. The predicted octanol–water partition coefficient (Wildman–Crippen LogP) is 2.67. The van der Waals surface area contributed by atoms with Crippen LogP contribution in [0.25, 0.3) is 0 Å². The molecule has 0 amide bonds. The van der Waals surface area contributed by atoms with Crippen LogP contribution < -0.4 is 11.3 Å². The lowest BCUT2D eigenvalue weighted by Gasteiger charge is -2.43. The molecular formula is C14H26N2O. The maximum absolute atomic E-state index is 5.75. The van der Waals surface area contributed by atoms with E-state index in [4.69, 9.17) is 10.6 Å². The molecule has 0 aromatic rings. The van der Waals surface area contributed by atoms with Crippen molar-refractivity contribution in [3.63, 3.8) is 0 Å². The molecule has 0 saturated heterocycles. The molecule has 3 heteroatoms. The van der Waals surface area contributed by atoms with E-state index in [-0.39, 0.29) is 5.60 Å². The Balaban J connectivity index is 1.97. The molecule has 0 heterocycles. The van der Waals surface area contributed by atoms with E-state index in [1.807, 2.05) is 7.11 Å². The van der Waals surface area contributed by atoms with Gasteiger partial charge in [-0.05, 0) is 51.4 Å². The van der Waals surface area contributed by atoms with E-state index in [0.717, 1.165) is 6.42 Å². The Bertz CT molecular complexity index is 266. The molecule has 0 radical (unpaired) electrons. The molecule has 1 fully saturated rings. The van der Waals surface area contributed by atoms with Crippen molar-refractivity contribution in [1.82, 2.24) is 5.43 Å². The fraction of sp³-hybridized carbons (Fsp3) is 0.857. The minimum absolute atomic E-state index is 0.101. The van der Waals surface area contributed by atoms with E-state index < -0.39 is 0 Å². The zero-order valence-corrected chi connectivity index (χ0v) is 11.0. The van der Waals surface area contributed by atoms with Gasteiger partial charge in [0.2, 0.25) is 0 Å². The van der Waals surface area contributed by atoms with E-state index in [0.29, 0.717) is 6.04 Å². The SMILES string of the molecule is COC1(CC(NN)C2=CCCCCC2)CCC1. The minimum atomic E-state index is 0.101. The van der Waals surface area contributed by atoms with Gasteiger partial charge >= 0.3 is 0 Å². The summed E-state index contributed by atoms with van der Waals surface area (Å²) >= 11 is 0. The van der Waals surface area contributed by atoms with E-state index in [1.54, 1.807) is 0 Å². The third-order valence-electron chi connectivity index (χ3n) is 4.50. The van der Waals surface area contributed by atoms with Crippen LogP contribution in [0, 0.1) is 0 Å². The molecule has 3 N–H and O–H groups in total. The molecule has 0 aromatic heterocycles. The highest BCUT2D eigenvalue weighted by molar-refractivity contribution is 5.14. The fourth-order valence-electron chi connectivity index (χ4n) is 3.09. The van der Waals surface area contributed by atoms with Gasteiger partial charge in [-0.2, -0.15) is 0 Å². The summed E-state index contributed by atoms with van der Waals surface area (Å²) in [6.45, 7) is 0. The molecular weight excluding hydrogens is 212 g/mol. The first-order valence-corrected chi connectivity index (χ1v) is 7.00. The second-order valence-electron chi connectivity index (χ2n) is 5.54. The van der Waals surface area contributed by atoms with Crippen molar-refractivity contribution in [1.29, 1.82) is 0 Å². The van der Waals surface area contributed by atoms with Crippen molar-refractivity contribution in [2.45, 2.75) is 69.4 Å². The van der Waals surface area contributed by atoms with E-state index >= 15 is 0 Å². The van der Waals surface area contributed by atoms with Crippen LogP contribution in [0.15, 0.2) is 11.6 Å². The van der Waals surface area contributed by atoms with Gasteiger partial charge in [0.1, 0.15) is 0 Å². The summed E-state index contributed by atoms with van der Waals surface area (Å²) in [4.78, 5) is 0. The number of rotatable bonds is 5. The molecule has 1 saturated carbocycles. The molecule has 0 aliphatic heterocycles. The molecule has 2 aliphatic rings. The molecule has 0 aromatic carbocycles. The molecule has 1 unspecified atom stereocenters. The first-order valence-electron chi connectivity index (χ1n) is 7.00. The van der Waals surface area contributed by atoms with E-state index in [2.05, 4.69) is 11.5 Å². The van der Waals surface area contributed by atoms with Crippen LogP contribution in [0.2, 0.25) is 0 Å². The summed E-state index contributed by atoms with van der Waals surface area (Å²) in [7, 11) is 1.84. The zero-order valence-electron chi connectivity index (χ0n) is 11.0. The van der Waals surface area contributed by atoms with Crippen molar-refractivity contribution in [3.05, 3.63) is 11.6 Å². The Morgan fingerprint density at radius 1 is 1.35 bits per heavy atom. The van der Waals surface area contributed by atoms with Crippen LogP contribution in [0.3, 0.4) is 0 Å². The number of hydrogen-bond donors (Lipinski definition) is 2. The van der Waals surface area contributed by atoms with Crippen molar-refractivity contribution in [3.8, 4) is 0 Å². The van der Waals surface area contributed by atoms with Gasteiger partial charge in [0.05, 0.1) is 5.60 Å². The monoisotopic (exact) mass is 238 g/mol. The topological polar surface area (TPSA) is 47.3 Å². The number of ether oxygens (including phenoxy) is 1. The lowest BCUT2D eigenvalue weighted by molar-refractivity contribution is -0.0815. The molecule has 2 rings (SSSR count). The summed E-state index contributed by atoms with van der Waals surface area (Å²) < 4.78 is 5.71. The molecule has 17 heavy (non-hydrogen) atoms. The Labute approximate surface area is 105 Å². The number of nitrogens with two attached hydrogens (primary N) is 1. The summed E-state index contributed by atoms with van der Waals surface area (Å²) in [6.07, 6.45) is 13.5. The summed E-state index contributed by atoms with van der Waals surface area (Å²) in [5.41, 5.74) is 4.62.